The van der Waals surface area contributed by atoms with Crippen LogP contribution in [0.4, 0.5) is 5.69 Å². The van der Waals surface area contributed by atoms with Gasteiger partial charge in [0.15, 0.2) is 0 Å². The van der Waals surface area contributed by atoms with E-state index in [1.54, 1.807) is 12.4 Å². The second-order valence-corrected chi connectivity index (χ2v) is 7.67. The molecule has 6 heteroatoms. The first-order chi connectivity index (χ1) is 13.1. The molecule has 5 nitrogen and oxygen atoms in total. The van der Waals surface area contributed by atoms with E-state index in [0.29, 0.717) is 12.2 Å². The maximum atomic E-state index is 13.4. The van der Waals surface area contributed by atoms with Gasteiger partial charge in [-0.15, -0.1) is 0 Å². The number of aromatic nitrogens is 3. The molecule has 0 spiro atoms. The number of carbonyl (C=O) groups excluding carboxylic acids is 1. The summed E-state index contributed by atoms with van der Waals surface area (Å²) in [5.41, 5.74) is 5.78. The van der Waals surface area contributed by atoms with Crippen molar-refractivity contribution in [2.45, 2.75) is 38.6 Å². The topological polar surface area (TPSA) is 51.0 Å². The van der Waals surface area contributed by atoms with Crippen LogP contribution < -0.4 is 4.90 Å². The van der Waals surface area contributed by atoms with E-state index < -0.39 is 0 Å². The average molecular weight is 393 g/mol. The number of hydrogen-bond acceptors (Lipinski definition) is 3. The molecule has 2 aromatic heterocycles. The van der Waals surface area contributed by atoms with Crippen molar-refractivity contribution in [3.8, 4) is 11.1 Å². The number of anilines is 1. The molecule has 2 aliphatic rings. The van der Waals surface area contributed by atoms with Gasteiger partial charge in [0.2, 0.25) is 0 Å². The zero-order valence-corrected chi connectivity index (χ0v) is 17.1. The van der Waals surface area contributed by atoms with Crippen molar-refractivity contribution >= 4 is 25.1 Å². The van der Waals surface area contributed by atoms with Gasteiger partial charge in [-0.05, 0) is 68.0 Å². The summed E-state index contributed by atoms with van der Waals surface area (Å²) in [7, 11) is 0. The van der Waals surface area contributed by atoms with Crippen LogP contribution in [0.3, 0.4) is 0 Å². The average Bonchev–Trinajstić information content (AvgIpc) is 3.42. The van der Waals surface area contributed by atoms with E-state index in [2.05, 4.69) is 41.3 Å². The third kappa shape index (κ3) is 3.11. The summed E-state index contributed by atoms with van der Waals surface area (Å²) >= 11 is 0. The van der Waals surface area contributed by atoms with Crippen LogP contribution in [-0.2, 0) is 0 Å². The Bertz CT molecular complexity index is 1020. The minimum atomic E-state index is 0. The Balaban J connectivity index is 0.00000192. The Morgan fingerprint density at radius 2 is 1.86 bits per heavy atom. The largest absolute Gasteiger partial charge is 0.305 e. The normalized spacial score (nSPS) is 18.6. The van der Waals surface area contributed by atoms with Gasteiger partial charge in [0.05, 0.1) is 12.2 Å². The standard InChI is InChI=1S/C22H22N4O.H2S/c1-14-11-18(9-10-23-14)20-12-24-26-15(2)13-25(22(27)21(20)26)19-7-5-17(6-8-19)16-3-4-16;/h5-12,15-16H,3-4,13H2,1-2H3;1H2/t15-;/m0./s1. The molecule has 1 aromatic carbocycles. The van der Waals surface area contributed by atoms with Crippen molar-refractivity contribution in [2.75, 3.05) is 11.4 Å². The van der Waals surface area contributed by atoms with Gasteiger partial charge in [0.25, 0.3) is 5.91 Å². The molecule has 1 aliphatic heterocycles. The lowest BCUT2D eigenvalue weighted by atomic mass is 10.0. The molecular weight excluding hydrogens is 368 g/mol. The number of carbonyl (C=O) groups is 1. The van der Waals surface area contributed by atoms with Gasteiger partial charge >= 0.3 is 0 Å². The van der Waals surface area contributed by atoms with Gasteiger partial charge in [-0.25, -0.2) is 0 Å². The Morgan fingerprint density at radius 3 is 2.54 bits per heavy atom. The summed E-state index contributed by atoms with van der Waals surface area (Å²) in [4.78, 5) is 19.5. The third-order valence-corrected chi connectivity index (χ3v) is 5.57. The molecule has 0 radical (unpaired) electrons. The van der Waals surface area contributed by atoms with E-state index in [0.717, 1.165) is 28.4 Å². The summed E-state index contributed by atoms with van der Waals surface area (Å²) in [6.07, 6.45) is 6.15. The molecule has 0 unspecified atom stereocenters. The third-order valence-electron chi connectivity index (χ3n) is 5.57. The van der Waals surface area contributed by atoms with Crippen molar-refractivity contribution in [1.82, 2.24) is 14.8 Å². The summed E-state index contributed by atoms with van der Waals surface area (Å²) < 4.78 is 1.86. The lowest BCUT2D eigenvalue weighted by molar-refractivity contribution is 0.0954. The highest BCUT2D eigenvalue weighted by Gasteiger charge is 2.34. The molecule has 5 rings (SSSR count). The van der Waals surface area contributed by atoms with Crippen molar-refractivity contribution < 1.29 is 4.79 Å². The summed E-state index contributed by atoms with van der Waals surface area (Å²) in [6.45, 7) is 4.69. The molecule has 1 aliphatic carbocycles. The molecule has 0 N–H and O–H groups in total. The first kappa shape index (κ1) is 18.7. The number of fused-ring (bicyclic) bond motifs is 1. The molecule has 3 aromatic rings. The zero-order chi connectivity index (χ0) is 18.5. The van der Waals surface area contributed by atoms with Gasteiger partial charge in [-0.3, -0.25) is 14.5 Å². The van der Waals surface area contributed by atoms with Crippen molar-refractivity contribution in [3.63, 3.8) is 0 Å². The molecule has 1 atom stereocenters. The van der Waals surface area contributed by atoms with E-state index in [9.17, 15) is 4.79 Å². The maximum absolute atomic E-state index is 13.4. The smallest absolute Gasteiger partial charge is 0.277 e. The van der Waals surface area contributed by atoms with E-state index in [1.807, 2.05) is 28.6 Å². The first-order valence-corrected chi connectivity index (χ1v) is 9.54. The minimum absolute atomic E-state index is 0. The zero-order valence-electron chi connectivity index (χ0n) is 16.1. The molecular formula is C22H24N4OS. The van der Waals surface area contributed by atoms with Crippen LogP contribution >= 0.6 is 13.5 Å². The minimum Gasteiger partial charge on any atom is -0.305 e. The van der Waals surface area contributed by atoms with Crippen LogP contribution in [0.2, 0.25) is 0 Å². The SMILES string of the molecule is Cc1cc(-c2cnn3c2C(=O)N(c2ccc(C4CC4)cc2)C[C@@H]3C)ccn1.S. The Kier molecular flexibility index (Phi) is 4.75. The van der Waals surface area contributed by atoms with Crippen molar-refractivity contribution in [3.05, 3.63) is 65.7 Å². The fraction of sp³-hybridized carbons (Fsp3) is 0.318. The number of rotatable bonds is 3. The monoisotopic (exact) mass is 392 g/mol. The number of pyridine rings is 1. The Labute approximate surface area is 171 Å². The van der Waals surface area contributed by atoms with Gasteiger partial charge in [-0.1, -0.05) is 12.1 Å². The number of benzene rings is 1. The summed E-state index contributed by atoms with van der Waals surface area (Å²) in [5, 5.41) is 4.52. The fourth-order valence-electron chi connectivity index (χ4n) is 3.95. The molecule has 3 heterocycles. The van der Waals surface area contributed by atoms with Crippen LogP contribution in [0.15, 0.2) is 48.8 Å². The van der Waals surface area contributed by atoms with E-state index >= 15 is 0 Å². The molecule has 0 saturated heterocycles. The quantitative estimate of drug-likeness (QED) is 0.661. The number of hydrogen-bond donors (Lipinski definition) is 0. The van der Waals surface area contributed by atoms with Gasteiger partial charge in [0, 0.05) is 29.7 Å². The first-order valence-electron chi connectivity index (χ1n) is 9.54. The molecule has 144 valence electrons. The molecule has 0 bridgehead atoms. The van der Waals surface area contributed by atoms with E-state index in [4.69, 9.17) is 0 Å². The molecule has 28 heavy (non-hydrogen) atoms. The summed E-state index contributed by atoms with van der Waals surface area (Å²) in [6, 6.07) is 12.6. The second-order valence-electron chi connectivity index (χ2n) is 7.67. The highest BCUT2D eigenvalue weighted by Crippen LogP contribution is 2.41. The van der Waals surface area contributed by atoms with Gasteiger partial charge in [-0.2, -0.15) is 18.6 Å². The molecule has 1 fully saturated rings. The Morgan fingerprint density at radius 1 is 1.11 bits per heavy atom. The second kappa shape index (κ2) is 7.09. The number of nitrogens with zero attached hydrogens (tertiary/aromatic N) is 4. The predicted molar refractivity (Wildman–Crippen MR) is 115 cm³/mol. The van der Waals surface area contributed by atoms with Gasteiger partial charge in [0.1, 0.15) is 5.69 Å². The van der Waals surface area contributed by atoms with Crippen molar-refractivity contribution in [2.24, 2.45) is 0 Å². The Hall–Kier alpha value is -2.60. The van der Waals surface area contributed by atoms with E-state index in [1.165, 1.54) is 18.4 Å². The van der Waals surface area contributed by atoms with Gasteiger partial charge < -0.3 is 4.90 Å². The predicted octanol–water partition coefficient (Wildman–Crippen LogP) is 4.47. The van der Waals surface area contributed by atoms with Crippen molar-refractivity contribution in [1.29, 1.82) is 0 Å². The number of aryl methyl sites for hydroxylation is 1. The summed E-state index contributed by atoms with van der Waals surface area (Å²) in [5.74, 6) is 0.729. The van der Waals surface area contributed by atoms with Crippen LogP contribution in [0.25, 0.3) is 11.1 Å². The molecule has 1 saturated carbocycles. The lowest BCUT2D eigenvalue weighted by Crippen LogP contribution is -2.42. The number of amides is 1. The van der Waals surface area contributed by atoms with Crippen LogP contribution in [0, 0.1) is 6.92 Å². The highest BCUT2D eigenvalue weighted by molar-refractivity contribution is 7.59. The highest BCUT2D eigenvalue weighted by atomic mass is 32.1. The van der Waals surface area contributed by atoms with E-state index in [-0.39, 0.29) is 25.4 Å². The van der Waals surface area contributed by atoms with Crippen LogP contribution in [-0.4, -0.2) is 27.2 Å². The maximum Gasteiger partial charge on any atom is 0.277 e. The molecule has 1 amide bonds. The van der Waals surface area contributed by atoms with Crippen LogP contribution in [0.5, 0.6) is 0 Å². The lowest BCUT2D eigenvalue weighted by Gasteiger charge is -2.32. The fourth-order valence-corrected chi connectivity index (χ4v) is 3.95. The van der Waals surface area contributed by atoms with Crippen LogP contribution in [0.1, 0.15) is 53.5 Å².